The highest BCUT2D eigenvalue weighted by atomic mass is 19.1. The van der Waals surface area contributed by atoms with Gasteiger partial charge in [0, 0.05) is 11.6 Å². The van der Waals surface area contributed by atoms with Crippen LogP contribution in [0.25, 0.3) is 21.6 Å². The first kappa shape index (κ1) is 16.3. The van der Waals surface area contributed by atoms with Crippen molar-refractivity contribution in [3.63, 3.8) is 0 Å². The molecule has 0 aliphatic heterocycles. The van der Waals surface area contributed by atoms with Gasteiger partial charge in [0.05, 0.1) is 17.6 Å². The van der Waals surface area contributed by atoms with Crippen LogP contribution in [0.3, 0.4) is 0 Å². The number of amides is 1. The van der Waals surface area contributed by atoms with Crippen LogP contribution in [-0.4, -0.2) is 15.5 Å². The van der Waals surface area contributed by atoms with Gasteiger partial charge in [0.1, 0.15) is 5.82 Å². The van der Waals surface area contributed by atoms with Crippen LogP contribution in [0.1, 0.15) is 20.3 Å². The number of halogens is 1. The second-order valence-corrected chi connectivity index (χ2v) is 7.27. The number of hydrogen-bond acceptors (Lipinski definition) is 2. The molecule has 1 fully saturated rings. The average Bonchev–Trinajstić information content (AvgIpc) is 3.11. The maximum Gasteiger partial charge on any atom is 0.230 e. The van der Waals surface area contributed by atoms with E-state index in [0.29, 0.717) is 28.4 Å². The van der Waals surface area contributed by atoms with E-state index in [1.54, 1.807) is 34.9 Å². The van der Waals surface area contributed by atoms with Crippen molar-refractivity contribution in [2.75, 3.05) is 5.32 Å². The minimum atomic E-state index is -0.342. The first-order valence-electron chi connectivity index (χ1n) is 8.36. The molecule has 1 aliphatic carbocycles. The van der Waals surface area contributed by atoms with Crippen molar-refractivity contribution in [2.45, 2.75) is 20.3 Å². The van der Waals surface area contributed by atoms with E-state index >= 15 is 0 Å². The lowest BCUT2D eigenvalue weighted by Crippen LogP contribution is -2.19. The van der Waals surface area contributed by atoms with Gasteiger partial charge in [-0.2, -0.15) is 0 Å². The topological polar surface area (TPSA) is 51.3 Å². The van der Waals surface area contributed by atoms with Gasteiger partial charge in [0.2, 0.25) is 11.9 Å². The predicted octanol–water partition coefficient (Wildman–Crippen LogP) is 4.70. The van der Waals surface area contributed by atoms with E-state index in [9.17, 15) is 9.18 Å². The van der Waals surface area contributed by atoms with Gasteiger partial charge in [-0.3, -0.25) is 14.7 Å². The Labute approximate surface area is 150 Å². The Kier molecular flexibility index (Phi) is 3.55. The number of fused-ring (bicyclic) bond motifs is 1. The Morgan fingerprint density at radius 3 is 2.62 bits per heavy atom. The van der Waals surface area contributed by atoms with Gasteiger partial charge in [-0.05, 0) is 48.2 Å². The summed E-state index contributed by atoms with van der Waals surface area (Å²) in [7, 11) is 0. The fraction of sp³-hybridized carbons (Fsp3) is 0.250. The number of nitrogens with zero attached hydrogens (tertiary/aromatic N) is 3. The van der Waals surface area contributed by atoms with Crippen molar-refractivity contribution >= 4 is 28.6 Å². The molecule has 4 rings (SSSR count). The third kappa shape index (κ3) is 2.72. The highest BCUT2D eigenvalue weighted by Crippen LogP contribution is 2.52. The summed E-state index contributed by atoms with van der Waals surface area (Å²) in [5.41, 5.74) is 2.50. The Morgan fingerprint density at radius 2 is 2.00 bits per heavy atom. The zero-order chi connectivity index (χ0) is 18.5. The van der Waals surface area contributed by atoms with Crippen molar-refractivity contribution < 1.29 is 9.18 Å². The quantitative estimate of drug-likeness (QED) is 0.698. The molecule has 3 aromatic rings. The Morgan fingerprint density at radius 1 is 1.31 bits per heavy atom. The lowest BCUT2D eigenvalue weighted by atomic mass is 10.1. The molecule has 1 atom stereocenters. The lowest BCUT2D eigenvalue weighted by Gasteiger charge is -2.11. The minimum Gasteiger partial charge on any atom is -0.295 e. The fourth-order valence-electron chi connectivity index (χ4n) is 3.18. The molecule has 0 radical (unpaired) electrons. The number of anilines is 1. The molecule has 1 aliphatic rings. The molecule has 1 unspecified atom stereocenters. The van der Waals surface area contributed by atoms with Gasteiger partial charge in [-0.15, -0.1) is 0 Å². The van der Waals surface area contributed by atoms with Crippen LogP contribution < -0.4 is 5.32 Å². The van der Waals surface area contributed by atoms with E-state index in [-0.39, 0.29) is 23.1 Å². The lowest BCUT2D eigenvalue weighted by molar-refractivity contribution is -0.118. The Bertz CT molecular complexity index is 1060. The van der Waals surface area contributed by atoms with Gasteiger partial charge in [0.25, 0.3) is 0 Å². The van der Waals surface area contributed by atoms with Gasteiger partial charge < -0.3 is 0 Å². The molecule has 1 amide bonds. The van der Waals surface area contributed by atoms with E-state index in [0.717, 1.165) is 6.42 Å². The van der Waals surface area contributed by atoms with Crippen molar-refractivity contribution in [1.29, 1.82) is 0 Å². The van der Waals surface area contributed by atoms with Gasteiger partial charge in [-0.25, -0.2) is 14.2 Å². The summed E-state index contributed by atoms with van der Waals surface area (Å²) in [5.74, 6) is -0.0753. The molecule has 26 heavy (non-hydrogen) atoms. The molecule has 0 bridgehead atoms. The Hall–Kier alpha value is -3.20. The number of aromatic nitrogens is 2. The maximum atomic E-state index is 13.3. The van der Waals surface area contributed by atoms with E-state index in [4.69, 9.17) is 6.57 Å². The molecule has 2 aromatic carbocycles. The summed E-state index contributed by atoms with van der Waals surface area (Å²) < 4.78 is 15.1. The molecule has 5 nitrogen and oxygen atoms in total. The van der Waals surface area contributed by atoms with E-state index in [2.05, 4.69) is 29.0 Å². The first-order chi connectivity index (χ1) is 12.4. The number of nitrogens with one attached hydrogen (secondary N) is 1. The van der Waals surface area contributed by atoms with Crippen LogP contribution >= 0.6 is 0 Å². The smallest absolute Gasteiger partial charge is 0.230 e. The van der Waals surface area contributed by atoms with Gasteiger partial charge in [-0.1, -0.05) is 19.9 Å². The number of benzene rings is 2. The SMILES string of the molecule is [C-]#[N+]c1ccc2nc(NC(=O)C3CC3(C)C)n(-c3ccc(F)cc3)c2c1. The molecule has 6 heteroatoms. The van der Waals surface area contributed by atoms with Gasteiger partial charge in [0.15, 0.2) is 5.69 Å². The zero-order valence-corrected chi connectivity index (χ0v) is 14.5. The first-order valence-corrected chi connectivity index (χ1v) is 8.36. The van der Waals surface area contributed by atoms with Crippen molar-refractivity contribution in [3.05, 3.63) is 59.7 Å². The fourth-order valence-corrected chi connectivity index (χ4v) is 3.18. The predicted molar refractivity (Wildman–Crippen MR) is 97.8 cm³/mol. The molecule has 0 spiro atoms. The number of hydrogen-bond donors (Lipinski definition) is 1. The summed E-state index contributed by atoms with van der Waals surface area (Å²) in [6, 6.07) is 11.1. The molecule has 1 N–H and O–H groups in total. The van der Waals surface area contributed by atoms with Crippen LogP contribution in [0.2, 0.25) is 0 Å². The number of carbonyl (C=O) groups excluding carboxylic acids is 1. The molecule has 1 aromatic heterocycles. The molecule has 1 heterocycles. The third-order valence-corrected chi connectivity index (χ3v) is 4.92. The monoisotopic (exact) mass is 348 g/mol. The second-order valence-electron chi connectivity index (χ2n) is 7.27. The summed E-state index contributed by atoms with van der Waals surface area (Å²) in [4.78, 5) is 20.5. The van der Waals surface area contributed by atoms with Crippen LogP contribution in [0.15, 0.2) is 42.5 Å². The number of rotatable bonds is 3. The minimum absolute atomic E-state index is 0.00801. The van der Waals surface area contributed by atoms with Crippen LogP contribution in [0.4, 0.5) is 16.0 Å². The third-order valence-electron chi connectivity index (χ3n) is 4.92. The molecule has 0 saturated heterocycles. The second kappa shape index (κ2) is 5.67. The van der Waals surface area contributed by atoms with Crippen molar-refractivity contribution in [3.8, 4) is 5.69 Å². The van der Waals surface area contributed by atoms with Gasteiger partial charge >= 0.3 is 0 Å². The van der Waals surface area contributed by atoms with Crippen LogP contribution in [0, 0.1) is 23.7 Å². The maximum absolute atomic E-state index is 13.3. The average molecular weight is 348 g/mol. The van der Waals surface area contributed by atoms with Crippen LogP contribution in [0.5, 0.6) is 0 Å². The normalized spacial score (nSPS) is 17.7. The van der Waals surface area contributed by atoms with Crippen molar-refractivity contribution in [2.24, 2.45) is 11.3 Å². The number of carbonyl (C=O) groups is 1. The highest BCUT2D eigenvalue weighted by molar-refractivity contribution is 5.96. The zero-order valence-electron chi connectivity index (χ0n) is 14.5. The molecule has 130 valence electrons. The van der Waals surface area contributed by atoms with E-state index < -0.39 is 0 Å². The van der Waals surface area contributed by atoms with Crippen LogP contribution in [-0.2, 0) is 4.79 Å². The summed E-state index contributed by atoms with van der Waals surface area (Å²) in [6.45, 7) is 11.3. The summed E-state index contributed by atoms with van der Waals surface area (Å²) in [5, 5.41) is 2.91. The largest absolute Gasteiger partial charge is 0.295 e. The standard InChI is InChI=1S/C20H17FN4O/c1-20(2)11-15(20)18(26)24-19-23-16-9-6-13(22-3)10-17(16)25(19)14-7-4-12(21)5-8-14/h4-10,15H,11H2,1-2H3,(H,23,24,26). The summed E-state index contributed by atoms with van der Waals surface area (Å²) in [6.07, 6.45) is 0.845. The molecule has 1 saturated carbocycles. The summed E-state index contributed by atoms with van der Waals surface area (Å²) >= 11 is 0. The molecular formula is C20H17FN4O. The van der Waals surface area contributed by atoms with Crippen molar-refractivity contribution in [1.82, 2.24) is 9.55 Å². The highest BCUT2D eigenvalue weighted by Gasteiger charge is 2.50. The molecular weight excluding hydrogens is 331 g/mol. The Balaban J connectivity index is 1.83. The number of imidazole rings is 1. The van der Waals surface area contributed by atoms with E-state index in [1.807, 2.05) is 0 Å². The van der Waals surface area contributed by atoms with E-state index in [1.165, 1.54) is 12.1 Å².